The van der Waals surface area contributed by atoms with Gasteiger partial charge in [-0.15, -0.1) is 0 Å². The van der Waals surface area contributed by atoms with Crippen LogP contribution in [0.3, 0.4) is 0 Å². The Morgan fingerprint density at radius 1 is 0.739 bits per heavy atom. The summed E-state index contributed by atoms with van der Waals surface area (Å²) >= 11 is 0. The van der Waals surface area contributed by atoms with Crippen molar-refractivity contribution < 1.29 is 43.9 Å². The molecule has 0 unspecified atom stereocenters. The van der Waals surface area contributed by atoms with E-state index in [0.717, 1.165) is 0 Å². The van der Waals surface area contributed by atoms with E-state index in [1.165, 1.54) is 6.92 Å². The molecule has 132 valence electrons. The van der Waals surface area contributed by atoms with Crippen LogP contribution in [0.2, 0.25) is 0 Å². The van der Waals surface area contributed by atoms with E-state index < -0.39 is 47.0 Å². The lowest BCUT2D eigenvalue weighted by molar-refractivity contribution is -0.292. The number of halogens is 10. The van der Waals surface area contributed by atoms with Crippen LogP contribution < -0.4 is 0 Å². The summed E-state index contributed by atoms with van der Waals surface area (Å²) in [4.78, 5) is 0. The SMILES string of the molecule is CCCc1ccc(C(F)(F)C(F)(F)F)cc1C(F)(F)C(F)(F)F. The monoisotopic (exact) mass is 356 g/mol. The Morgan fingerprint density at radius 3 is 1.61 bits per heavy atom. The van der Waals surface area contributed by atoms with Crippen molar-refractivity contribution in [1.82, 2.24) is 0 Å². The predicted molar refractivity (Wildman–Crippen MR) is 60.3 cm³/mol. The van der Waals surface area contributed by atoms with Crippen LogP contribution in [0.1, 0.15) is 30.0 Å². The smallest absolute Gasteiger partial charge is 0.191 e. The van der Waals surface area contributed by atoms with E-state index in [-0.39, 0.29) is 18.9 Å². The summed E-state index contributed by atoms with van der Waals surface area (Å²) in [5.41, 5.74) is -4.51. The Kier molecular flexibility index (Phi) is 4.99. The third-order valence-electron chi connectivity index (χ3n) is 3.04. The van der Waals surface area contributed by atoms with Gasteiger partial charge in [-0.25, -0.2) is 0 Å². The molecule has 23 heavy (non-hydrogen) atoms. The third kappa shape index (κ3) is 3.55. The molecule has 1 rings (SSSR count). The second kappa shape index (κ2) is 5.86. The zero-order valence-corrected chi connectivity index (χ0v) is 11.4. The maximum Gasteiger partial charge on any atom is 0.458 e. The first-order valence-corrected chi connectivity index (χ1v) is 6.19. The maximum absolute atomic E-state index is 13.5. The first-order valence-electron chi connectivity index (χ1n) is 6.19. The number of alkyl halides is 10. The van der Waals surface area contributed by atoms with Crippen LogP contribution in [0.5, 0.6) is 0 Å². The number of rotatable bonds is 4. The van der Waals surface area contributed by atoms with Crippen molar-refractivity contribution in [3.8, 4) is 0 Å². The summed E-state index contributed by atoms with van der Waals surface area (Å²) in [5, 5.41) is 0. The van der Waals surface area contributed by atoms with E-state index in [0.29, 0.717) is 6.07 Å². The van der Waals surface area contributed by atoms with Gasteiger partial charge in [0.2, 0.25) is 0 Å². The number of benzene rings is 1. The van der Waals surface area contributed by atoms with Crippen LogP contribution in [0.25, 0.3) is 0 Å². The van der Waals surface area contributed by atoms with Gasteiger partial charge >= 0.3 is 24.2 Å². The van der Waals surface area contributed by atoms with Crippen molar-refractivity contribution in [2.75, 3.05) is 0 Å². The van der Waals surface area contributed by atoms with Gasteiger partial charge < -0.3 is 0 Å². The fourth-order valence-electron chi connectivity index (χ4n) is 1.87. The van der Waals surface area contributed by atoms with Crippen LogP contribution in [0, 0.1) is 0 Å². The van der Waals surface area contributed by atoms with E-state index in [4.69, 9.17) is 0 Å². The molecule has 0 radical (unpaired) electrons. The molecular weight excluding hydrogens is 346 g/mol. The second-order valence-corrected chi connectivity index (χ2v) is 4.77. The molecule has 0 aliphatic rings. The molecule has 0 saturated carbocycles. The van der Waals surface area contributed by atoms with Crippen LogP contribution in [-0.2, 0) is 18.3 Å². The lowest BCUT2D eigenvalue weighted by Crippen LogP contribution is -2.37. The van der Waals surface area contributed by atoms with E-state index in [1.54, 1.807) is 0 Å². The maximum atomic E-state index is 13.5. The highest BCUT2D eigenvalue weighted by atomic mass is 19.4. The molecule has 0 N–H and O–H groups in total. The highest BCUT2D eigenvalue weighted by molar-refractivity contribution is 5.38. The van der Waals surface area contributed by atoms with Gasteiger partial charge in [0.15, 0.2) is 0 Å². The molecule has 0 spiro atoms. The minimum absolute atomic E-state index is 0.0932. The molecule has 0 saturated heterocycles. The Labute approximate surface area is 124 Å². The molecule has 0 aromatic heterocycles. The summed E-state index contributed by atoms with van der Waals surface area (Å²) < 4.78 is 127. The normalized spacial score (nSPS) is 14.2. The molecule has 0 atom stereocenters. The first kappa shape index (κ1) is 19.6. The van der Waals surface area contributed by atoms with Crippen molar-refractivity contribution in [2.24, 2.45) is 0 Å². The Hall–Kier alpha value is -1.48. The van der Waals surface area contributed by atoms with Gasteiger partial charge in [0.05, 0.1) is 0 Å². The largest absolute Gasteiger partial charge is 0.458 e. The third-order valence-corrected chi connectivity index (χ3v) is 3.04. The minimum Gasteiger partial charge on any atom is -0.191 e. The van der Waals surface area contributed by atoms with Gasteiger partial charge in [-0.1, -0.05) is 25.5 Å². The molecular formula is C13H10F10. The molecule has 0 aliphatic carbocycles. The van der Waals surface area contributed by atoms with Crippen LogP contribution in [-0.4, -0.2) is 12.4 Å². The van der Waals surface area contributed by atoms with E-state index in [9.17, 15) is 43.9 Å². The van der Waals surface area contributed by atoms with Crippen molar-refractivity contribution in [3.05, 3.63) is 34.9 Å². The number of hydrogen-bond acceptors (Lipinski definition) is 0. The second-order valence-electron chi connectivity index (χ2n) is 4.77. The van der Waals surface area contributed by atoms with E-state index in [2.05, 4.69) is 0 Å². The van der Waals surface area contributed by atoms with Gasteiger partial charge in [-0.05, 0) is 18.1 Å². The molecule has 0 heterocycles. The molecule has 0 bridgehead atoms. The molecule has 0 nitrogen and oxygen atoms in total. The van der Waals surface area contributed by atoms with Gasteiger partial charge in [0.1, 0.15) is 0 Å². The summed E-state index contributed by atoms with van der Waals surface area (Å²) in [6, 6.07) is 0.216. The predicted octanol–water partition coefficient (Wildman–Crippen LogP) is 5.95. The lowest BCUT2D eigenvalue weighted by Gasteiger charge is -2.25. The molecule has 10 heteroatoms. The quantitative estimate of drug-likeness (QED) is 0.585. The van der Waals surface area contributed by atoms with Crippen LogP contribution in [0.4, 0.5) is 43.9 Å². The molecule has 0 amide bonds. The average molecular weight is 356 g/mol. The number of aryl methyl sites for hydroxylation is 1. The fraction of sp³-hybridized carbons (Fsp3) is 0.538. The van der Waals surface area contributed by atoms with Crippen molar-refractivity contribution >= 4 is 0 Å². The topological polar surface area (TPSA) is 0 Å². The summed E-state index contributed by atoms with van der Waals surface area (Å²) in [6.45, 7) is 1.42. The van der Waals surface area contributed by atoms with Gasteiger partial charge in [0.25, 0.3) is 0 Å². The molecule has 1 aromatic carbocycles. The molecule has 0 fully saturated rings. The van der Waals surface area contributed by atoms with E-state index in [1.807, 2.05) is 0 Å². The highest BCUT2D eigenvalue weighted by Crippen LogP contribution is 2.49. The highest BCUT2D eigenvalue weighted by Gasteiger charge is 2.62. The number of hydrogen-bond donors (Lipinski definition) is 0. The van der Waals surface area contributed by atoms with E-state index >= 15 is 0 Å². The fourth-order valence-corrected chi connectivity index (χ4v) is 1.87. The van der Waals surface area contributed by atoms with Crippen LogP contribution >= 0.6 is 0 Å². The lowest BCUT2D eigenvalue weighted by atomic mass is 9.93. The molecule has 0 aliphatic heterocycles. The average Bonchev–Trinajstić information content (AvgIpc) is 2.36. The van der Waals surface area contributed by atoms with Crippen molar-refractivity contribution in [2.45, 2.75) is 44.0 Å². The first-order chi connectivity index (χ1) is 10.2. The van der Waals surface area contributed by atoms with Crippen molar-refractivity contribution in [1.29, 1.82) is 0 Å². The van der Waals surface area contributed by atoms with Gasteiger partial charge in [0, 0.05) is 11.1 Å². The minimum atomic E-state index is -6.12. The zero-order valence-electron chi connectivity index (χ0n) is 11.4. The summed E-state index contributed by atoms with van der Waals surface area (Å²) in [6.07, 6.45) is -12.5. The summed E-state index contributed by atoms with van der Waals surface area (Å²) in [7, 11) is 0. The Balaban J connectivity index is 3.58. The van der Waals surface area contributed by atoms with Crippen molar-refractivity contribution in [3.63, 3.8) is 0 Å². The van der Waals surface area contributed by atoms with Crippen LogP contribution in [0.15, 0.2) is 18.2 Å². The standard InChI is InChI=1S/C13H10F10/c1-2-3-7-4-5-8(10(14,15)12(18,19)20)6-9(7)11(16,17)13(21,22)23/h4-6H,2-3H2,1H3. The zero-order chi connectivity index (χ0) is 18.3. The summed E-state index contributed by atoms with van der Waals surface area (Å²) in [5.74, 6) is -11.1. The molecule has 1 aromatic rings. The van der Waals surface area contributed by atoms with Gasteiger partial charge in [-0.2, -0.15) is 43.9 Å². The van der Waals surface area contributed by atoms with Gasteiger partial charge in [-0.3, -0.25) is 0 Å². The Morgan fingerprint density at radius 2 is 1.22 bits per heavy atom. The Bertz CT molecular complexity index is 553.